The fourth-order valence-corrected chi connectivity index (χ4v) is 3.01. The molecule has 4 rings (SSSR count). The molecule has 0 spiro atoms. The number of aromatic nitrogens is 3. The van der Waals surface area contributed by atoms with Crippen LogP contribution in [0.3, 0.4) is 0 Å². The van der Waals surface area contributed by atoms with Gasteiger partial charge in [-0.05, 0) is 29.8 Å². The molecule has 3 aromatic rings. The third-order valence-electron chi connectivity index (χ3n) is 4.40. The third-order valence-corrected chi connectivity index (χ3v) is 4.40. The Hall–Kier alpha value is -3.13. The van der Waals surface area contributed by atoms with Crippen LogP contribution in [0.1, 0.15) is 5.56 Å². The number of rotatable bonds is 4. The van der Waals surface area contributed by atoms with Gasteiger partial charge in [-0.2, -0.15) is 4.98 Å². The number of nitrogens with one attached hydrogen (secondary N) is 1. The Kier molecular flexibility index (Phi) is 4.40. The van der Waals surface area contributed by atoms with E-state index < -0.39 is 5.69 Å². The van der Waals surface area contributed by atoms with Gasteiger partial charge in [-0.15, -0.1) is 4.73 Å². The minimum atomic E-state index is -0.763. The van der Waals surface area contributed by atoms with Gasteiger partial charge in [-0.1, -0.05) is 12.1 Å². The van der Waals surface area contributed by atoms with Gasteiger partial charge < -0.3 is 20.2 Å². The van der Waals surface area contributed by atoms with E-state index in [1.54, 1.807) is 12.1 Å². The van der Waals surface area contributed by atoms with Gasteiger partial charge in [0.15, 0.2) is 5.65 Å². The summed E-state index contributed by atoms with van der Waals surface area (Å²) in [5.74, 6) is 0.403. The Bertz CT molecular complexity index is 965. The second kappa shape index (κ2) is 7.01. The highest BCUT2D eigenvalue weighted by Crippen LogP contribution is 2.19. The first kappa shape index (κ1) is 16.3. The topological polar surface area (TPSA) is 92.5 Å². The van der Waals surface area contributed by atoms with Crippen molar-refractivity contribution in [3.05, 3.63) is 58.6 Å². The molecular formula is C18H19N5O3. The fraction of sp³-hybridized carbons (Fsp3) is 0.278. The molecule has 0 unspecified atom stereocenters. The summed E-state index contributed by atoms with van der Waals surface area (Å²) >= 11 is 0. The number of anilines is 2. The molecule has 134 valence electrons. The Labute approximate surface area is 149 Å². The van der Waals surface area contributed by atoms with Gasteiger partial charge in [0.1, 0.15) is 5.82 Å². The molecule has 1 aliphatic heterocycles. The van der Waals surface area contributed by atoms with Crippen molar-refractivity contribution in [1.29, 1.82) is 0 Å². The summed E-state index contributed by atoms with van der Waals surface area (Å²) in [6.07, 6.45) is 1.52. The van der Waals surface area contributed by atoms with E-state index >= 15 is 0 Å². The molecule has 0 saturated carbocycles. The predicted octanol–water partition coefficient (Wildman–Crippen LogP) is 1.48. The smallest absolute Gasteiger partial charge is 0.384 e. The molecule has 0 atom stereocenters. The van der Waals surface area contributed by atoms with Crippen molar-refractivity contribution < 1.29 is 9.94 Å². The van der Waals surface area contributed by atoms with Crippen LogP contribution < -0.4 is 15.9 Å². The lowest BCUT2D eigenvalue weighted by atomic mass is 10.2. The molecule has 1 aromatic carbocycles. The molecular weight excluding hydrogens is 334 g/mol. The summed E-state index contributed by atoms with van der Waals surface area (Å²) in [5, 5.41) is 13.5. The molecule has 1 aliphatic rings. The van der Waals surface area contributed by atoms with Crippen molar-refractivity contribution in [2.24, 2.45) is 0 Å². The van der Waals surface area contributed by atoms with E-state index in [4.69, 9.17) is 4.74 Å². The molecule has 3 heterocycles. The highest BCUT2D eigenvalue weighted by atomic mass is 16.5. The number of morpholine rings is 1. The van der Waals surface area contributed by atoms with Gasteiger partial charge in [0.25, 0.3) is 0 Å². The maximum atomic E-state index is 11.8. The molecule has 0 radical (unpaired) electrons. The van der Waals surface area contributed by atoms with Gasteiger partial charge >= 0.3 is 5.69 Å². The lowest BCUT2D eigenvalue weighted by molar-refractivity contribution is 0.122. The molecule has 0 aliphatic carbocycles. The van der Waals surface area contributed by atoms with E-state index in [2.05, 4.69) is 32.3 Å². The van der Waals surface area contributed by atoms with E-state index in [9.17, 15) is 10.0 Å². The van der Waals surface area contributed by atoms with Crippen LogP contribution in [0, 0.1) is 0 Å². The summed E-state index contributed by atoms with van der Waals surface area (Å²) < 4.78 is 5.83. The summed E-state index contributed by atoms with van der Waals surface area (Å²) in [6, 6.07) is 11.8. The van der Waals surface area contributed by atoms with Gasteiger partial charge in [0, 0.05) is 31.5 Å². The van der Waals surface area contributed by atoms with Crippen molar-refractivity contribution in [3.8, 4) is 0 Å². The van der Waals surface area contributed by atoms with Gasteiger partial charge in [-0.3, -0.25) is 0 Å². The molecule has 1 saturated heterocycles. The fourth-order valence-electron chi connectivity index (χ4n) is 3.01. The Morgan fingerprint density at radius 2 is 1.92 bits per heavy atom. The summed E-state index contributed by atoms with van der Waals surface area (Å²) in [4.78, 5) is 22.0. The number of hydrogen-bond acceptors (Lipinski definition) is 7. The zero-order valence-corrected chi connectivity index (χ0v) is 14.1. The molecule has 0 bridgehead atoms. The second-order valence-corrected chi connectivity index (χ2v) is 6.05. The van der Waals surface area contributed by atoms with E-state index in [1.807, 2.05) is 12.1 Å². The van der Waals surface area contributed by atoms with E-state index in [-0.39, 0.29) is 5.65 Å². The van der Waals surface area contributed by atoms with E-state index in [0.29, 0.717) is 22.5 Å². The Balaban J connectivity index is 1.51. The van der Waals surface area contributed by atoms with Crippen LogP contribution in [0.15, 0.2) is 47.4 Å². The number of nitrogens with zero attached hydrogens (tertiary/aromatic N) is 4. The first-order valence-corrected chi connectivity index (χ1v) is 8.45. The number of pyridine rings is 1. The minimum absolute atomic E-state index is 0.178. The average molecular weight is 353 g/mol. The minimum Gasteiger partial charge on any atom is -0.422 e. The first-order valence-electron chi connectivity index (χ1n) is 8.45. The molecule has 26 heavy (non-hydrogen) atoms. The third kappa shape index (κ3) is 3.18. The number of fused-ring (bicyclic) bond motifs is 1. The molecule has 8 nitrogen and oxygen atoms in total. The zero-order chi connectivity index (χ0) is 17.9. The molecule has 8 heteroatoms. The second-order valence-electron chi connectivity index (χ2n) is 6.05. The summed E-state index contributed by atoms with van der Waals surface area (Å²) in [5.41, 5.74) is 1.65. The highest BCUT2D eigenvalue weighted by Gasteiger charge is 2.12. The van der Waals surface area contributed by atoms with Crippen LogP contribution in [0.4, 0.5) is 11.5 Å². The van der Waals surface area contributed by atoms with Crippen molar-refractivity contribution >= 4 is 22.5 Å². The van der Waals surface area contributed by atoms with Crippen LogP contribution >= 0.6 is 0 Å². The zero-order valence-electron chi connectivity index (χ0n) is 14.1. The quantitative estimate of drug-likeness (QED) is 0.686. The van der Waals surface area contributed by atoms with Crippen molar-refractivity contribution in [2.75, 3.05) is 36.5 Å². The van der Waals surface area contributed by atoms with Crippen molar-refractivity contribution in [1.82, 2.24) is 14.7 Å². The molecule has 0 amide bonds. The lowest BCUT2D eigenvalue weighted by Gasteiger charge is -2.28. The normalized spacial score (nSPS) is 14.5. The van der Waals surface area contributed by atoms with Gasteiger partial charge in [0.2, 0.25) is 0 Å². The summed E-state index contributed by atoms with van der Waals surface area (Å²) in [7, 11) is 0. The molecule has 2 aromatic heterocycles. The van der Waals surface area contributed by atoms with Crippen LogP contribution in [-0.2, 0) is 11.3 Å². The number of benzene rings is 1. The Morgan fingerprint density at radius 3 is 2.69 bits per heavy atom. The van der Waals surface area contributed by atoms with Crippen molar-refractivity contribution in [2.45, 2.75) is 6.54 Å². The maximum Gasteiger partial charge on any atom is 0.384 e. The van der Waals surface area contributed by atoms with Gasteiger partial charge in [0.05, 0.1) is 18.6 Å². The lowest BCUT2D eigenvalue weighted by Crippen LogP contribution is -2.36. The van der Waals surface area contributed by atoms with Gasteiger partial charge in [-0.25, -0.2) is 9.78 Å². The monoisotopic (exact) mass is 353 g/mol. The van der Waals surface area contributed by atoms with Crippen LogP contribution in [0.2, 0.25) is 0 Å². The van der Waals surface area contributed by atoms with Crippen molar-refractivity contribution in [3.63, 3.8) is 0 Å². The van der Waals surface area contributed by atoms with E-state index in [1.165, 1.54) is 11.9 Å². The molecule has 1 fully saturated rings. The maximum absolute atomic E-state index is 11.8. The standard InChI is InChI=1S/C18H19N5O3/c24-18-21-16(15-2-1-7-19-17(15)23(18)25)20-12-13-3-5-14(6-4-13)22-8-10-26-11-9-22/h1-7,25H,8-12H2,(H,20,21,24). The Morgan fingerprint density at radius 1 is 1.15 bits per heavy atom. The van der Waals surface area contributed by atoms with Crippen LogP contribution in [-0.4, -0.2) is 46.2 Å². The van der Waals surface area contributed by atoms with Crippen LogP contribution in [0.25, 0.3) is 11.0 Å². The SMILES string of the molecule is O=c1nc(NCc2ccc(N3CCOCC3)cc2)c2cccnc2n1O. The average Bonchev–Trinajstić information content (AvgIpc) is 2.71. The number of ether oxygens (including phenoxy) is 1. The van der Waals surface area contributed by atoms with Crippen LogP contribution in [0.5, 0.6) is 0 Å². The summed E-state index contributed by atoms with van der Waals surface area (Å²) in [6.45, 7) is 3.82. The first-order chi connectivity index (χ1) is 12.7. The van der Waals surface area contributed by atoms with E-state index in [0.717, 1.165) is 31.9 Å². The highest BCUT2D eigenvalue weighted by molar-refractivity contribution is 5.86. The molecule has 2 N–H and O–H groups in total. The largest absolute Gasteiger partial charge is 0.422 e. The number of hydrogen-bond donors (Lipinski definition) is 2. The predicted molar refractivity (Wildman–Crippen MR) is 97.8 cm³/mol.